The largest absolute Gasteiger partial charge is 0.542 e. The Kier molecular flexibility index (Phi) is 25.0. The van der Waals surface area contributed by atoms with Crippen LogP contribution in [0.25, 0.3) is 11.1 Å². The van der Waals surface area contributed by atoms with E-state index in [1.165, 1.54) is 126 Å². The molecule has 0 aliphatic carbocycles. The van der Waals surface area contributed by atoms with Crippen LogP contribution < -0.4 is 96.6 Å². The molecule has 3 saturated heterocycles. The van der Waals surface area contributed by atoms with E-state index in [4.69, 9.17) is 24.5 Å². The van der Waals surface area contributed by atoms with Crippen molar-refractivity contribution in [2.24, 2.45) is 0 Å². The second kappa shape index (κ2) is 34.6. The lowest BCUT2D eigenvalue weighted by Crippen LogP contribution is -2.64. The molecule has 1 N–H and O–H groups in total. The molecule has 25 heteroatoms. The Bertz CT molecular complexity index is 5900. The minimum Gasteiger partial charge on any atom is -0.542 e. The Morgan fingerprint density at radius 1 is 0.455 bits per heavy atom. The smallest absolute Gasteiger partial charge is 0.430 e. The van der Waals surface area contributed by atoms with Gasteiger partial charge in [-0.1, -0.05) is 118 Å². The summed E-state index contributed by atoms with van der Waals surface area (Å²) >= 11 is 0. The lowest BCUT2D eigenvalue weighted by atomic mass is 9.88. The number of ether oxygens (including phenoxy) is 1. The van der Waals surface area contributed by atoms with Crippen LogP contribution in [0.5, 0.6) is 0 Å². The van der Waals surface area contributed by atoms with Crippen LogP contribution in [0.4, 0.5) is 53.9 Å². The summed E-state index contributed by atoms with van der Waals surface area (Å²) in [7, 11) is 0.737. The molecule has 0 spiro atoms. The normalized spacial score (nSPS) is 17.6. The van der Waals surface area contributed by atoms with Crippen LogP contribution in [0, 0.1) is 27.7 Å². The first-order valence-corrected chi connectivity index (χ1v) is 51.8. The van der Waals surface area contributed by atoms with Gasteiger partial charge in [0.05, 0.1) is 0 Å². The third kappa shape index (κ3) is 18.0. The molecular weight excluding hydrogens is 1610 g/mol. The van der Waals surface area contributed by atoms with E-state index in [-0.39, 0.29) is 11.9 Å². The van der Waals surface area contributed by atoms with Gasteiger partial charge in [-0.25, -0.2) is 13.9 Å². The molecule has 0 radical (unpaired) electrons. The molecule has 9 heterocycles. The molecule has 9 aromatic rings. The number of amides is 1. The third-order valence-electron chi connectivity index (χ3n) is 26.3. The van der Waals surface area contributed by atoms with Gasteiger partial charge in [-0.05, 0) is 230 Å². The number of nitrogens with zero attached hydrogens (tertiary/aromatic N) is 8. The molecule has 18 rings (SSSR count). The summed E-state index contributed by atoms with van der Waals surface area (Å²) < 4.78 is 73.5. The van der Waals surface area contributed by atoms with E-state index in [1.807, 2.05) is 26.8 Å². The van der Waals surface area contributed by atoms with Gasteiger partial charge in [0.1, 0.15) is 68.9 Å². The van der Waals surface area contributed by atoms with Gasteiger partial charge in [0.25, 0.3) is 0 Å². The zero-order valence-corrected chi connectivity index (χ0v) is 76.6. The van der Waals surface area contributed by atoms with Gasteiger partial charge >= 0.3 is 18.4 Å². The van der Waals surface area contributed by atoms with E-state index in [9.17, 15) is 35.9 Å². The number of aryl methyl sites for hydroxylation is 4. The maximum absolute atomic E-state index is 13.5. The van der Waals surface area contributed by atoms with Gasteiger partial charge in [0.2, 0.25) is 10.7 Å². The molecule has 0 atom stereocenters. The number of nitrogens with one attached hydrogen (secondary N) is 1. The lowest BCUT2D eigenvalue weighted by Gasteiger charge is -2.38. The van der Waals surface area contributed by atoms with Crippen LogP contribution in [0.15, 0.2) is 158 Å². The van der Waals surface area contributed by atoms with Gasteiger partial charge in [0, 0.05) is 169 Å². The Labute approximate surface area is 720 Å². The topological polar surface area (TPSA) is 161 Å². The van der Waals surface area contributed by atoms with Crippen molar-refractivity contribution in [2.45, 2.75) is 132 Å². The monoisotopic (exact) mass is 1730 g/mol. The Hall–Kier alpha value is -10.4. The zero-order chi connectivity index (χ0) is 88.5. The average molecular weight is 1730 g/mol. The van der Waals surface area contributed by atoms with Crippen LogP contribution in [0.1, 0.15) is 103 Å². The van der Waals surface area contributed by atoms with Crippen molar-refractivity contribution in [2.75, 3.05) is 139 Å². The van der Waals surface area contributed by atoms with E-state index in [0.29, 0.717) is 13.1 Å². The van der Waals surface area contributed by atoms with Crippen LogP contribution in [-0.2, 0) is 40.1 Å². The van der Waals surface area contributed by atoms with Crippen LogP contribution in [0.3, 0.4) is 0 Å². The molecule has 0 bridgehead atoms. The lowest BCUT2D eigenvalue weighted by molar-refractivity contribution is -0.344. The quantitative estimate of drug-likeness (QED) is 0.0974. The van der Waals surface area contributed by atoms with Crippen LogP contribution >= 0.6 is 0 Å². The molecule has 16 nitrogen and oxygen atoms in total. The van der Waals surface area contributed by atoms with E-state index >= 15 is 0 Å². The maximum Gasteiger partial charge on any atom is 0.430 e. The van der Waals surface area contributed by atoms with Crippen molar-refractivity contribution in [3.8, 4) is 0 Å². The number of fused-ring (bicyclic) bond motifs is 9. The number of rotatable bonds is 7. The molecule has 0 aromatic heterocycles. The molecule has 123 heavy (non-hydrogen) atoms. The summed E-state index contributed by atoms with van der Waals surface area (Å²) in [5, 5.41) is 35.8. The number of halogens is 6. The van der Waals surface area contributed by atoms with Gasteiger partial charge in [-0.15, -0.1) is 0 Å². The molecule has 0 unspecified atom stereocenters. The Morgan fingerprint density at radius 2 is 0.854 bits per heavy atom. The average Bonchev–Trinajstić information content (AvgIpc) is 1.68. The number of ketones is 1. The highest BCUT2D eigenvalue weighted by atomic mass is 28.3. The molecule has 9 aliphatic rings. The number of anilines is 4. The standard InChI is InChI=1S/C37H42N3Si.C30H36N3Si.C27H35N3O3Si.2C2HF3O2/c1-26-10-9-11-27(2)36(26)37-31-15-14-30(40-20-18-39(19-21-40)25-28-12-7-6-8-13-28)23-34(31)41(4,5)35-24-33-29(22-32(35)37)16-17-38(33)3;1-20-7-6-8-21(2)29(20)30-24-10-9-23(33-15-12-31-13-16-33)18-27(24)34(4,5)28-19-26-22(17-25(28)30)11-14-32(26)3;1-27(2,3)33-26(32)30-13-11-29(12-14-30)19-7-8-20-23(16-19)34(5,6)24-17-22-18(9-10-28(22)4)15-21(24)25(20)31;2*3-2(4,5)1(6)7/h6-15,22-24H,16-21,25H2,1-5H3;6-10,17-19,31H,11-16H2,1-5H3;7-8,15-17H,9-14H2,1-6H3;2*(H,6,7)/q2*+1;;;/p-2. The molecule has 0 saturated carbocycles. The number of hydrogen-bond donors (Lipinski definition) is 1. The highest BCUT2D eigenvalue weighted by Gasteiger charge is 2.44. The van der Waals surface area contributed by atoms with Gasteiger partial charge < -0.3 is 54.4 Å². The SMILES string of the molecule is CN1CCc2cc3c(cc21)[Si](C)(C)c1cc(N2CCN(C(=O)OC(C)(C)C)CC2)ccc1C3=O.Cc1cccc(C)c1C1=c2cc3c(cc2[Si](C)(C)c2cc(N4CCN(Cc5ccccc5)CC4)ccc21)=[N+](C)CC3.Cc1cccc(C)c1C1=c2cc3c(cc2[Si](C)(C)c2cc(N4CCNCC4)ccc21)=[N+](C)CC3.O=C([O-])C(F)(F)F.O=C([O-])C(F)(F)F. The van der Waals surface area contributed by atoms with Gasteiger partial charge in [-0.2, -0.15) is 26.3 Å². The molecule has 1 amide bonds. The highest BCUT2D eigenvalue weighted by molar-refractivity contribution is 7.03. The molecule has 3 fully saturated rings. The number of piperazine rings is 3. The number of carboxylic acid groups (broad SMARTS) is 2. The Morgan fingerprint density at radius 3 is 1.28 bits per heavy atom. The fourth-order valence-electron chi connectivity index (χ4n) is 19.5. The maximum atomic E-state index is 13.5. The second-order valence-corrected chi connectivity index (χ2v) is 49.8. The number of carboxylic acids is 2. The predicted octanol–water partition coefficient (Wildman–Crippen LogP) is 7.16. The zero-order valence-electron chi connectivity index (χ0n) is 73.6. The van der Waals surface area contributed by atoms with E-state index < -0.39 is 54.1 Å². The Balaban J connectivity index is 0.000000140. The minimum atomic E-state index is -5.19. The van der Waals surface area contributed by atoms with E-state index in [0.717, 1.165) is 128 Å². The predicted molar refractivity (Wildman–Crippen MR) is 485 cm³/mol. The van der Waals surface area contributed by atoms with E-state index in [2.05, 4.69) is 279 Å². The van der Waals surface area contributed by atoms with Crippen LogP contribution in [0.2, 0.25) is 39.3 Å². The van der Waals surface area contributed by atoms with Crippen molar-refractivity contribution in [3.05, 3.63) is 257 Å². The van der Waals surface area contributed by atoms with Crippen molar-refractivity contribution in [1.29, 1.82) is 0 Å². The summed E-state index contributed by atoms with van der Waals surface area (Å²) in [5.41, 5.74) is 26.4. The fraction of sp³-hybridized carbons (Fsp3) is 0.388. The fourth-order valence-corrected chi connectivity index (χ4v) is 28.7. The number of benzene rings is 9. The number of carbonyl (C=O) groups excluding carboxylic acids is 4. The first-order chi connectivity index (χ1) is 58.0. The first kappa shape index (κ1) is 88.8. The summed E-state index contributed by atoms with van der Waals surface area (Å²) in [6.07, 6.45) is -7.33. The van der Waals surface area contributed by atoms with Gasteiger partial charge in [0.15, 0.2) is 5.78 Å². The number of likely N-dealkylation sites (N-methyl/N-ethyl adjacent to an activating group) is 3. The second-order valence-electron chi connectivity index (χ2n) is 36.8. The van der Waals surface area contributed by atoms with Crippen LogP contribution in [-0.4, -0.2) is 195 Å². The molecular formula is C98H113F6N9O7Si3. The third-order valence-corrected chi connectivity index (χ3v) is 36.9. The number of hydrogen-bond acceptors (Lipinski definition) is 13. The number of alkyl halides is 6. The number of carbonyl (C=O) groups is 4. The number of aliphatic carboxylic acids is 2. The molecule has 9 aliphatic heterocycles. The van der Waals surface area contributed by atoms with Gasteiger partial charge in [-0.3, -0.25) is 9.69 Å². The summed E-state index contributed by atoms with van der Waals surface area (Å²) in [6.45, 7) is 45.6. The first-order valence-electron chi connectivity index (χ1n) is 42.8. The van der Waals surface area contributed by atoms with Crippen molar-refractivity contribution >= 4 is 113 Å². The molecule has 646 valence electrons. The highest BCUT2D eigenvalue weighted by Crippen LogP contribution is 2.37. The summed E-state index contributed by atoms with van der Waals surface area (Å²) in [4.78, 5) is 57.7. The van der Waals surface area contributed by atoms with E-state index in [1.54, 1.807) is 25.6 Å². The minimum absolute atomic E-state index is 0.162. The van der Waals surface area contributed by atoms with Crippen molar-refractivity contribution in [3.63, 3.8) is 0 Å². The van der Waals surface area contributed by atoms with Crippen molar-refractivity contribution < 1.29 is 60.5 Å². The summed E-state index contributed by atoms with van der Waals surface area (Å²) in [5.74, 6) is -5.85. The van der Waals surface area contributed by atoms with Crippen molar-refractivity contribution in [1.82, 2.24) is 24.3 Å². The molecule has 9 aromatic carbocycles. The summed E-state index contributed by atoms with van der Waals surface area (Å²) in [6, 6.07) is 60.4.